The summed E-state index contributed by atoms with van der Waals surface area (Å²) in [6.45, 7) is 6.79. The van der Waals surface area contributed by atoms with Crippen LogP contribution in [0.1, 0.15) is 25.7 Å². The number of hydrogen-bond donors (Lipinski definition) is 1. The molecule has 0 spiro atoms. The van der Waals surface area contributed by atoms with Crippen LogP contribution in [0.15, 0.2) is 0 Å². The Labute approximate surface area is 157 Å². The minimum atomic E-state index is 0. The summed E-state index contributed by atoms with van der Waals surface area (Å²) >= 11 is 0. The Bertz CT molecular complexity index is 407. The van der Waals surface area contributed by atoms with Gasteiger partial charge in [0.2, 0.25) is 11.8 Å². The molecule has 140 valence electrons. The van der Waals surface area contributed by atoms with Crippen LogP contribution in [0.25, 0.3) is 0 Å². The lowest BCUT2D eigenvalue weighted by molar-refractivity contribution is -0.139. The van der Waals surface area contributed by atoms with Crippen molar-refractivity contribution in [3.05, 3.63) is 0 Å². The van der Waals surface area contributed by atoms with Crippen molar-refractivity contribution < 1.29 is 9.59 Å². The first-order valence-corrected chi connectivity index (χ1v) is 8.71. The Hall–Kier alpha value is -0.560. The summed E-state index contributed by atoms with van der Waals surface area (Å²) in [5.74, 6) is 1.20. The molecule has 3 rings (SSSR count). The maximum Gasteiger partial charge on any atom is 0.236 e. The van der Waals surface area contributed by atoms with Gasteiger partial charge in [0.15, 0.2) is 0 Å². The van der Waals surface area contributed by atoms with Crippen LogP contribution < -0.4 is 5.32 Å². The maximum atomic E-state index is 12.3. The summed E-state index contributed by atoms with van der Waals surface area (Å²) in [6, 6.07) is 0. The average Bonchev–Trinajstić information content (AvgIpc) is 3.22. The molecule has 0 aromatic rings. The average molecular weight is 381 g/mol. The minimum Gasteiger partial charge on any atom is -0.338 e. The largest absolute Gasteiger partial charge is 0.338 e. The Morgan fingerprint density at radius 3 is 1.92 bits per heavy atom. The second-order valence-electron chi connectivity index (χ2n) is 6.82. The standard InChI is InChI=1S/C16H28N4O2.2ClH/c21-15(12-17-11-14-3-4-14)19-7-9-20(10-8-19)16(22)13-18-5-1-2-6-18;;/h14,17H,1-13H2;2*1H. The quantitative estimate of drug-likeness (QED) is 0.732. The number of piperazine rings is 1. The van der Waals surface area contributed by atoms with Gasteiger partial charge >= 0.3 is 0 Å². The third kappa shape index (κ3) is 6.39. The highest BCUT2D eigenvalue weighted by atomic mass is 35.5. The van der Waals surface area contributed by atoms with E-state index < -0.39 is 0 Å². The molecule has 8 heteroatoms. The van der Waals surface area contributed by atoms with Gasteiger partial charge in [-0.3, -0.25) is 14.5 Å². The van der Waals surface area contributed by atoms with E-state index in [0.29, 0.717) is 39.3 Å². The van der Waals surface area contributed by atoms with Crippen molar-refractivity contribution >= 4 is 36.6 Å². The molecule has 0 unspecified atom stereocenters. The highest BCUT2D eigenvalue weighted by Crippen LogP contribution is 2.27. The third-order valence-electron chi connectivity index (χ3n) is 4.95. The Morgan fingerprint density at radius 2 is 1.38 bits per heavy atom. The van der Waals surface area contributed by atoms with E-state index in [2.05, 4.69) is 10.2 Å². The second-order valence-corrected chi connectivity index (χ2v) is 6.82. The predicted octanol–water partition coefficient (Wildman–Crippen LogP) is 0.596. The van der Waals surface area contributed by atoms with Crippen LogP contribution in [0.4, 0.5) is 0 Å². The molecule has 2 heterocycles. The molecule has 1 aliphatic carbocycles. The van der Waals surface area contributed by atoms with Crippen LogP contribution in [-0.4, -0.2) is 85.4 Å². The zero-order valence-electron chi connectivity index (χ0n) is 14.2. The molecule has 6 nitrogen and oxygen atoms in total. The first kappa shape index (κ1) is 21.5. The Kier molecular flexibility index (Phi) is 9.34. The van der Waals surface area contributed by atoms with E-state index in [4.69, 9.17) is 0 Å². The molecule has 0 aromatic heterocycles. The molecule has 3 aliphatic rings. The molecule has 0 radical (unpaired) electrons. The van der Waals surface area contributed by atoms with E-state index in [0.717, 1.165) is 25.6 Å². The second kappa shape index (κ2) is 10.4. The van der Waals surface area contributed by atoms with Crippen molar-refractivity contribution in [2.75, 3.05) is 58.9 Å². The zero-order valence-corrected chi connectivity index (χ0v) is 15.9. The van der Waals surface area contributed by atoms with Crippen LogP contribution in [0.3, 0.4) is 0 Å². The SMILES string of the molecule is Cl.Cl.O=C(CNCC1CC1)N1CCN(C(=O)CN2CCCC2)CC1. The number of carbonyl (C=O) groups is 2. The molecule has 1 saturated carbocycles. The topological polar surface area (TPSA) is 55.9 Å². The van der Waals surface area contributed by atoms with Crippen LogP contribution in [-0.2, 0) is 9.59 Å². The van der Waals surface area contributed by atoms with E-state index >= 15 is 0 Å². The molecule has 2 amide bonds. The van der Waals surface area contributed by atoms with E-state index in [1.807, 2.05) is 9.80 Å². The van der Waals surface area contributed by atoms with Crippen molar-refractivity contribution in [2.24, 2.45) is 5.92 Å². The van der Waals surface area contributed by atoms with Crippen molar-refractivity contribution in [1.29, 1.82) is 0 Å². The molecular weight excluding hydrogens is 351 g/mol. The van der Waals surface area contributed by atoms with Crippen molar-refractivity contribution in [1.82, 2.24) is 20.0 Å². The number of carbonyl (C=O) groups excluding carboxylic acids is 2. The van der Waals surface area contributed by atoms with Crippen molar-refractivity contribution in [3.63, 3.8) is 0 Å². The van der Waals surface area contributed by atoms with E-state index in [-0.39, 0.29) is 36.6 Å². The van der Waals surface area contributed by atoms with Crippen molar-refractivity contribution in [2.45, 2.75) is 25.7 Å². The number of nitrogens with one attached hydrogen (secondary N) is 1. The van der Waals surface area contributed by atoms with Crippen LogP contribution in [0, 0.1) is 5.92 Å². The third-order valence-corrected chi connectivity index (χ3v) is 4.95. The Morgan fingerprint density at radius 1 is 0.833 bits per heavy atom. The highest BCUT2D eigenvalue weighted by molar-refractivity contribution is 5.85. The first-order chi connectivity index (χ1) is 10.7. The van der Waals surface area contributed by atoms with Gasteiger partial charge in [-0.2, -0.15) is 0 Å². The van der Waals surface area contributed by atoms with Gasteiger partial charge in [-0.05, 0) is 51.2 Å². The summed E-state index contributed by atoms with van der Waals surface area (Å²) in [6.07, 6.45) is 5.03. The van der Waals surface area contributed by atoms with Crippen LogP contribution in [0.2, 0.25) is 0 Å². The molecule has 2 aliphatic heterocycles. The molecule has 0 atom stereocenters. The fourth-order valence-electron chi connectivity index (χ4n) is 3.25. The molecule has 24 heavy (non-hydrogen) atoms. The number of amides is 2. The lowest BCUT2D eigenvalue weighted by atomic mass is 10.3. The first-order valence-electron chi connectivity index (χ1n) is 8.71. The van der Waals surface area contributed by atoms with Gasteiger partial charge in [-0.15, -0.1) is 24.8 Å². The molecule has 2 saturated heterocycles. The summed E-state index contributed by atoms with van der Waals surface area (Å²) in [4.78, 5) is 30.4. The lowest BCUT2D eigenvalue weighted by Gasteiger charge is -2.35. The molecule has 1 N–H and O–H groups in total. The van der Waals surface area contributed by atoms with E-state index in [1.54, 1.807) is 0 Å². The molecular formula is C16H30Cl2N4O2. The monoisotopic (exact) mass is 380 g/mol. The molecule has 3 fully saturated rings. The highest BCUT2D eigenvalue weighted by Gasteiger charge is 2.26. The predicted molar refractivity (Wildman–Crippen MR) is 98.9 cm³/mol. The maximum absolute atomic E-state index is 12.3. The van der Waals surface area contributed by atoms with Crippen LogP contribution >= 0.6 is 24.8 Å². The van der Waals surface area contributed by atoms with Gasteiger partial charge < -0.3 is 15.1 Å². The fourth-order valence-corrected chi connectivity index (χ4v) is 3.25. The number of rotatable bonds is 6. The van der Waals surface area contributed by atoms with E-state index in [9.17, 15) is 9.59 Å². The van der Waals surface area contributed by atoms with Gasteiger partial charge in [0.25, 0.3) is 0 Å². The van der Waals surface area contributed by atoms with Gasteiger partial charge in [0.1, 0.15) is 0 Å². The molecule has 0 aromatic carbocycles. The van der Waals surface area contributed by atoms with Crippen molar-refractivity contribution in [3.8, 4) is 0 Å². The van der Waals surface area contributed by atoms with Gasteiger partial charge in [-0.25, -0.2) is 0 Å². The Balaban J connectivity index is 0.00000144. The minimum absolute atomic E-state index is 0. The summed E-state index contributed by atoms with van der Waals surface area (Å²) in [5, 5.41) is 3.25. The summed E-state index contributed by atoms with van der Waals surface area (Å²) in [7, 11) is 0. The smallest absolute Gasteiger partial charge is 0.236 e. The van der Waals surface area contributed by atoms with Gasteiger partial charge in [0.05, 0.1) is 13.1 Å². The number of likely N-dealkylation sites (tertiary alicyclic amines) is 1. The van der Waals surface area contributed by atoms with E-state index in [1.165, 1.54) is 25.7 Å². The van der Waals surface area contributed by atoms with Gasteiger partial charge in [-0.1, -0.05) is 0 Å². The number of halogens is 2. The normalized spacial score (nSPS) is 21.2. The fraction of sp³-hybridized carbons (Fsp3) is 0.875. The van der Waals surface area contributed by atoms with Gasteiger partial charge in [0, 0.05) is 26.2 Å². The zero-order chi connectivity index (χ0) is 15.4. The van der Waals surface area contributed by atoms with Crippen LogP contribution in [0.5, 0.6) is 0 Å². The lowest BCUT2D eigenvalue weighted by Crippen LogP contribution is -2.53. The summed E-state index contributed by atoms with van der Waals surface area (Å²) in [5.41, 5.74) is 0. The number of hydrogen-bond acceptors (Lipinski definition) is 4. The number of nitrogens with zero attached hydrogens (tertiary/aromatic N) is 3. The summed E-state index contributed by atoms with van der Waals surface area (Å²) < 4.78 is 0. The molecule has 0 bridgehead atoms.